The Morgan fingerprint density at radius 2 is 2.27 bits per heavy atom. The molecular formula is C17H24N4O. The quantitative estimate of drug-likeness (QED) is 0.874. The summed E-state index contributed by atoms with van der Waals surface area (Å²) in [7, 11) is 0. The lowest BCUT2D eigenvalue weighted by atomic mass is 10.1. The van der Waals surface area contributed by atoms with Crippen LogP contribution in [0.25, 0.3) is 11.2 Å². The van der Waals surface area contributed by atoms with E-state index in [-0.39, 0.29) is 0 Å². The fourth-order valence-corrected chi connectivity index (χ4v) is 3.97. The number of imidazole rings is 1. The van der Waals surface area contributed by atoms with Crippen LogP contribution >= 0.6 is 0 Å². The molecule has 0 amide bonds. The molecule has 0 aromatic carbocycles. The zero-order chi connectivity index (χ0) is 14.9. The van der Waals surface area contributed by atoms with Crippen LogP contribution in [0.2, 0.25) is 0 Å². The molecular weight excluding hydrogens is 276 g/mol. The maximum Gasteiger partial charge on any atom is 0.160 e. The fraction of sp³-hybridized carbons (Fsp3) is 0.647. The molecule has 118 valence electrons. The summed E-state index contributed by atoms with van der Waals surface area (Å²) in [4.78, 5) is 12.1. The summed E-state index contributed by atoms with van der Waals surface area (Å²) < 4.78 is 8.12. The Labute approximate surface area is 131 Å². The SMILES string of the molecule is CCN1CCCC1c1nc2cccnc2n1C1CCCOC1. The number of aromatic nitrogens is 3. The number of pyridine rings is 1. The minimum absolute atomic E-state index is 0.378. The maximum absolute atomic E-state index is 5.74. The third-order valence-electron chi connectivity index (χ3n) is 5.05. The van der Waals surface area contributed by atoms with E-state index in [1.165, 1.54) is 25.2 Å². The molecule has 5 nitrogen and oxygen atoms in total. The standard InChI is InChI=1S/C17H24N4O/c1-2-20-10-4-8-15(20)17-19-14-7-3-9-18-16(14)21(17)13-6-5-11-22-12-13/h3,7,9,13,15H,2,4-6,8,10-12H2,1H3. The van der Waals surface area contributed by atoms with E-state index in [0.717, 1.165) is 43.8 Å². The summed E-state index contributed by atoms with van der Waals surface area (Å²) in [6, 6.07) is 4.87. The molecule has 2 aliphatic heterocycles. The van der Waals surface area contributed by atoms with Gasteiger partial charge in [0.15, 0.2) is 5.65 Å². The Bertz CT molecular complexity index is 647. The van der Waals surface area contributed by atoms with Crippen LogP contribution in [0.15, 0.2) is 18.3 Å². The third-order valence-corrected chi connectivity index (χ3v) is 5.05. The van der Waals surface area contributed by atoms with E-state index in [9.17, 15) is 0 Å². The molecule has 2 unspecified atom stereocenters. The maximum atomic E-state index is 5.74. The highest BCUT2D eigenvalue weighted by Gasteiger charge is 2.32. The van der Waals surface area contributed by atoms with Crippen molar-refractivity contribution in [2.75, 3.05) is 26.3 Å². The Kier molecular flexibility index (Phi) is 3.84. The Morgan fingerprint density at radius 3 is 3.09 bits per heavy atom. The predicted octanol–water partition coefficient (Wildman–Crippen LogP) is 2.94. The van der Waals surface area contributed by atoms with Crippen molar-refractivity contribution in [1.82, 2.24) is 19.4 Å². The van der Waals surface area contributed by atoms with E-state index < -0.39 is 0 Å². The first-order chi connectivity index (χ1) is 10.9. The number of rotatable bonds is 3. The lowest BCUT2D eigenvalue weighted by Crippen LogP contribution is -2.29. The fourth-order valence-electron chi connectivity index (χ4n) is 3.97. The normalized spacial score (nSPS) is 26.8. The van der Waals surface area contributed by atoms with Crippen LogP contribution < -0.4 is 0 Å². The highest BCUT2D eigenvalue weighted by atomic mass is 16.5. The summed E-state index contributed by atoms with van der Waals surface area (Å²) in [5, 5.41) is 0. The molecule has 4 heterocycles. The van der Waals surface area contributed by atoms with Gasteiger partial charge in [-0.05, 0) is 50.9 Å². The molecule has 2 saturated heterocycles. The van der Waals surface area contributed by atoms with Gasteiger partial charge in [-0.1, -0.05) is 6.92 Å². The van der Waals surface area contributed by atoms with Gasteiger partial charge in [0.1, 0.15) is 11.3 Å². The molecule has 2 fully saturated rings. The molecule has 2 atom stereocenters. The molecule has 0 aliphatic carbocycles. The first-order valence-corrected chi connectivity index (χ1v) is 8.53. The molecule has 2 aliphatic rings. The Hall–Kier alpha value is -1.46. The Balaban J connectivity index is 1.82. The first kappa shape index (κ1) is 14.2. The van der Waals surface area contributed by atoms with Crippen LogP contribution in [0, 0.1) is 0 Å². The van der Waals surface area contributed by atoms with E-state index in [1.54, 1.807) is 0 Å². The van der Waals surface area contributed by atoms with E-state index in [1.807, 2.05) is 12.3 Å². The molecule has 0 N–H and O–H groups in total. The molecule has 0 radical (unpaired) electrons. The van der Waals surface area contributed by atoms with Crippen LogP contribution in [0.3, 0.4) is 0 Å². The second-order valence-corrected chi connectivity index (χ2v) is 6.34. The van der Waals surface area contributed by atoms with Gasteiger partial charge < -0.3 is 9.30 Å². The van der Waals surface area contributed by atoms with E-state index >= 15 is 0 Å². The van der Waals surface area contributed by atoms with Crippen molar-refractivity contribution >= 4 is 11.2 Å². The van der Waals surface area contributed by atoms with Crippen molar-refractivity contribution < 1.29 is 4.74 Å². The van der Waals surface area contributed by atoms with E-state index in [0.29, 0.717) is 12.1 Å². The van der Waals surface area contributed by atoms with Crippen molar-refractivity contribution in [3.8, 4) is 0 Å². The zero-order valence-electron chi connectivity index (χ0n) is 13.2. The van der Waals surface area contributed by atoms with Gasteiger partial charge in [-0.15, -0.1) is 0 Å². The molecule has 2 aromatic rings. The van der Waals surface area contributed by atoms with Crippen molar-refractivity contribution in [1.29, 1.82) is 0 Å². The molecule has 22 heavy (non-hydrogen) atoms. The average molecular weight is 300 g/mol. The molecule has 2 aromatic heterocycles. The topological polar surface area (TPSA) is 43.2 Å². The van der Waals surface area contributed by atoms with Gasteiger partial charge >= 0.3 is 0 Å². The third kappa shape index (κ3) is 2.32. The van der Waals surface area contributed by atoms with Gasteiger partial charge in [-0.25, -0.2) is 9.97 Å². The molecule has 5 heteroatoms. The van der Waals surface area contributed by atoms with Crippen molar-refractivity contribution in [3.05, 3.63) is 24.2 Å². The number of hydrogen-bond donors (Lipinski definition) is 0. The predicted molar refractivity (Wildman–Crippen MR) is 85.8 cm³/mol. The lowest BCUT2D eigenvalue weighted by molar-refractivity contribution is 0.0578. The van der Waals surface area contributed by atoms with E-state index in [2.05, 4.69) is 27.4 Å². The molecule has 4 rings (SSSR count). The smallest absolute Gasteiger partial charge is 0.160 e. The van der Waals surface area contributed by atoms with Crippen molar-refractivity contribution in [2.24, 2.45) is 0 Å². The molecule has 0 saturated carbocycles. The van der Waals surface area contributed by atoms with Gasteiger partial charge in [0, 0.05) is 12.8 Å². The van der Waals surface area contributed by atoms with E-state index in [4.69, 9.17) is 9.72 Å². The largest absolute Gasteiger partial charge is 0.379 e. The van der Waals surface area contributed by atoms with Gasteiger partial charge in [0.2, 0.25) is 0 Å². The zero-order valence-corrected chi connectivity index (χ0v) is 13.2. The minimum Gasteiger partial charge on any atom is -0.379 e. The second-order valence-electron chi connectivity index (χ2n) is 6.34. The first-order valence-electron chi connectivity index (χ1n) is 8.53. The van der Waals surface area contributed by atoms with Crippen LogP contribution in [0.1, 0.15) is 50.5 Å². The Morgan fingerprint density at radius 1 is 1.32 bits per heavy atom. The molecule has 0 bridgehead atoms. The number of likely N-dealkylation sites (tertiary alicyclic amines) is 1. The van der Waals surface area contributed by atoms with Gasteiger partial charge in [0.25, 0.3) is 0 Å². The highest BCUT2D eigenvalue weighted by molar-refractivity contribution is 5.71. The van der Waals surface area contributed by atoms with Crippen LogP contribution in [0.5, 0.6) is 0 Å². The van der Waals surface area contributed by atoms with Crippen LogP contribution in [-0.4, -0.2) is 45.7 Å². The summed E-state index contributed by atoms with van der Waals surface area (Å²) in [6.07, 6.45) is 6.62. The molecule has 0 spiro atoms. The van der Waals surface area contributed by atoms with Crippen LogP contribution in [-0.2, 0) is 4.74 Å². The van der Waals surface area contributed by atoms with Gasteiger partial charge in [-0.3, -0.25) is 4.90 Å². The summed E-state index contributed by atoms with van der Waals surface area (Å²) in [6.45, 7) is 6.18. The summed E-state index contributed by atoms with van der Waals surface area (Å²) >= 11 is 0. The van der Waals surface area contributed by atoms with Gasteiger partial charge in [-0.2, -0.15) is 0 Å². The van der Waals surface area contributed by atoms with Crippen molar-refractivity contribution in [3.63, 3.8) is 0 Å². The highest BCUT2D eigenvalue weighted by Crippen LogP contribution is 2.35. The number of ether oxygens (including phenoxy) is 1. The number of hydrogen-bond acceptors (Lipinski definition) is 4. The summed E-state index contributed by atoms with van der Waals surface area (Å²) in [5.74, 6) is 1.20. The average Bonchev–Trinajstić information content (AvgIpc) is 3.19. The minimum atomic E-state index is 0.378. The summed E-state index contributed by atoms with van der Waals surface area (Å²) in [5.41, 5.74) is 2.04. The number of nitrogens with zero attached hydrogens (tertiary/aromatic N) is 4. The monoisotopic (exact) mass is 300 g/mol. The second kappa shape index (κ2) is 5.97. The lowest BCUT2D eigenvalue weighted by Gasteiger charge is -2.29. The van der Waals surface area contributed by atoms with Crippen molar-refractivity contribution in [2.45, 2.75) is 44.7 Å². The van der Waals surface area contributed by atoms with Gasteiger partial charge in [0.05, 0.1) is 18.7 Å². The number of fused-ring (bicyclic) bond motifs is 1. The van der Waals surface area contributed by atoms with Crippen LogP contribution in [0.4, 0.5) is 0 Å².